The first-order valence-electron chi connectivity index (χ1n) is 4.47. The molecule has 0 amide bonds. The molecular formula is C9H18N3+. The molecule has 0 saturated heterocycles. The number of aromatic nitrogens is 2. The standard InChI is InChI=1S/C9H17N3/c1-4-9(10)6-12-8(3)5-7(2)11-12/h5,9H,4,6,10H2,1-3H3/p+1/t9-/m0/s1. The molecule has 1 aromatic heterocycles. The molecule has 0 aliphatic heterocycles. The number of quaternary nitrogens is 1. The minimum Gasteiger partial charge on any atom is -0.354 e. The maximum atomic E-state index is 4.37. The fraction of sp³-hybridized carbons (Fsp3) is 0.667. The van der Waals surface area contributed by atoms with Crippen LogP contribution in [0.1, 0.15) is 24.7 Å². The summed E-state index contributed by atoms with van der Waals surface area (Å²) in [4.78, 5) is 0. The van der Waals surface area contributed by atoms with Gasteiger partial charge in [-0.05, 0) is 26.3 Å². The van der Waals surface area contributed by atoms with E-state index in [1.807, 2.05) is 11.6 Å². The van der Waals surface area contributed by atoms with Crippen molar-refractivity contribution < 1.29 is 5.73 Å². The van der Waals surface area contributed by atoms with Gasteiger partial charge in [-0.2, -0.15) is 5.10 Å². The molecule has 0 aromatic carbocycles. The number of nitrogens with zero attached hydrogens (tertiary/aromatic N) is 2. The molecule has 1 atom stereocenters. The van der Waals surface area contributed by atoms with Crippen molar-refractivity contribution in [3.05, 3.63) is 17.5 Å². The molecule has 0 saturated carbocycles. The summed E-state index contributed by atoms with van der Waals surface area (Å²) in [6.07, 6.45) is 1.11. The Balaban J connectivity index is 2.68. The van der Waals surface area contributed by atoms with E-state index in [9.17, 15) is 0 Å². The van der Waals surface area contributed by atoms with Gasteiger partial charge in [-0.15, -0.1) is 0 Å². The molecule has 0 unspecified atom stereocenters. The van der Waals surface area contributed by atoms with E-state index in [0.29, 0.717) is 6.04 Å². The Kier molecular flexibility index (Phi) is 2.87. The van der Waals surface area contributed by atoms with Crippen LogP contribution in [0.4, 0.5) is 0 Å². The monoisotopic (exact) mass is 168 g/mol. The predicted molar refractivity (Wildman–Crippen MR) is 48.7 cm³/mol. The first-order chi connectivity index (χ1) is 5.63. The van der Waals surface area contributed by atoms with Crippen LogP contribution in [0.5, 0.6) is 0 Å². The Bertz CT molecular complexity index is 252. The molecule has 0 spiro atoms. The van der Waals surface area contributed by atoms with Crippen LogP contribution in [0, 0.1) is 13.8 Å². The molecule has 3 nitrogen and oxygen atoms in total. The molecule has 0 bridgehead atoms. The van der Waals surface area contributed by atoms with E-state index in [0.717, 1.165) is 18.7 Å². The normalized spacial score (nSPS) is 13.3. The van der Waals surface area contributed by atoms with Crippen molar-refractivity contribution in [2.75, 3.05) is 0 Å². The summed E-state index contributed by atoms with van der Waals surface area (Å²) < 4.78 is 2.04. The van der Waals surface area contributed by atoms with Crippen LogP contribution < -0.4 is 5.73 Å². The minimum absolute atomic E-state index is 0.475. The summed E-state index contributed by atoms with van der Waals surface area (Å²) in [6, 6.07) is 2.57. The number of aryl methyl sites for hydroxylation is 2. The van der Waals surface area contributed by atoms with E-state index in [4.69, 9.17) is 0 Å². The summed E-state index contributed by atoms with van der Waals surface area (Å²) >= 11 is 0. The molecule has 1 aromatic rings. The molecule has 3 N–H and O–H groups in total. The Morgan fingerprint density at radius 1 is 1.58 bits per heavy atom. The average Bonchev–Trinajstić information content (AvgIpc) is 2.30. The van der Waals surface area contributed by atoms with Gasteiger partial charge in [-0.25, -0.2) is 0 Å². The lowest BCUT2D eigenvalue weighted by Gasteiger charge is -2.06. The lowest BCUT2D eigenvalue weighted by Crippen LogP contribution is -2.62. The van der Waals surface area contributed by atoms with Crippen LogP contribution in [0.15, 0.2) is 6.07 Å². The van der Waals surface area contributed by atoms with Crippen molar-refractivity contribution in [1.29, 1.82) is 0 Å². The maximum Gasteiger partial charge on any atom is 0.104 e. The van der Waals surface area contributed by atoms with E-state index < -0.39 is 0 Å². The van der Waals surface area contributed by atoms with Crippen molar-refractivity contribution >= 4 is 0 Å². The third-order valence-electron chi connectivity index (χ3n) is 2.11. The van der Waals surface area contributed by atoms with Gasteiger partial charge in [-0.3, -0.25) is 4.68 Å². The summed E-state index contributed by atoms with van der Waals surface area (Å²) in [7, 11) is 0. The van der Waals surface area contributed by atoms with E-state index in [1.165, 1.54) is 5.69 Å². The van der Waals surface area contributed by atoms with Crippen molar-refractivity contribution in [2.45, 2.75) is 39.8 Å². The zero-order chi connectivity index (χ0) is 9.14. The van der Waals surface area contributed by atoms with Crippen molar-refractivity contribution in [3.8, 4) is 0 Å². The van der Waals surface area contributed by atoms with Gasteiger partial charge >= 0.3 is 0 Å². The van der Waals surface area contributed by atoms with Gasteiger partial charge in [-0.1, -0.05) is 6.92 Å². The second-order valence-corrected chi connectivity index (χ2v) is 3.38. The fourth-order valence-electron chi connectivity index (χ4n) is 1.23. The zero-order valence-electron chi connectivity index (χ0n) is 8.17. The van der Waals surface area contributed by atoms with E-state index in [2.05, 4.69) is 30.7 Å². The summed E-state index contributed by atoms with van der Waals surface area (Å²) in [5.74, 6) is 0. The molecule has 68 valence electrons. The molecule has 0 aliphatic carbocycles. The predicted octanol–water partition coefficient (Wildman–Crippen LogP) is 0.520. The summed E-state index contributed by atoms with van der Waals surface area (Å²) in [5.41, 5.74) is 6.37. The number of hydrogen-bond donors (Lipinski definition) is 1. The van der Waals surface area contributed by atoms with E-state index in [-0.39, 0.29) is 0 Å². The maximum absolute atomic E-state index is 4.37. The van der Waals surface area contributed by atoms with Crippen LogP contribution >= 0.6 is 0 Å². The summed E-state index contributed by atoms with van der Waals surface area (Å²) in [6.45, 7) is 7.20. The third kappa shape index (κ3) is 2.08. The second-order valence-electron chi connectivity index (χ2n) is 3.38. The molecular weight excluding hydrogens is 150 g/mol. The lowest BCUT2D eigenvalue weighted by molar-refractivity contribution is -0.423. The first-order valence-corrected chi connectivity index (χ1v) is 4.47. The number of hydrogen-bond acceptors (Lipinski definition) is 1. The lowest BCUT2D eigenvalue weighted by atomic mass is 10.2. The highest BCUT2D eigenvalue weighted by molar-refractivity contribution is 5.06. The van der Waals surface area contributed by atoms with Crippen molar-refractivity contribution in [2.24, 2.45) is 0 Å². The molecule has 1 heterocycles. The Hall–Kier alpha value is -0.830. The van der Waals surface area contributed by atoms with Gasteiger partial charge in [0.25, 0.3) is 0 Å². The third-order valence-corrected chi connectivity index (χ3v) is 2.11. The summed E-state index contributed by atoms with van der Waals surface area (Å²) in [5, 5.41) is 4.37. The van der Waals surface area contributed by atoms with Gasteiger partial charge in [0.1, 0.15) is 6.04 Å². The Morgan fingerprint density at radius 3 is 2.67 bits per heavy atom. The van der Waals surface area contributed by atoms with Crippen LogP contribution in [-0.4, -0.2) is 15.8 Å². The van der Waals surface area contributed by atoms with Gasteiger partial charge in [0.15, 0.2) is 0 Å². The smallest absolute Gasteiger partial charge is 0.104 e. The first kappa shape index (κ1) is 9.26. The SMILES string of the molecule is CC[C@H]([NH3+])Cn1nc(C)cc1C. The van der Waals surface area contributed by atoms with Crippen LogP contribution in [0.25, 0.3) is 0 Å². The van der Waals surface area contributed by atoms with Gasteiger partial charge in [0.05, 0.1) is 12.2 Å². The molecule has 1 rings (SSSR count). The second kappa shape index (κ2) is 3.72. The van der Waals surface area contributed by atoms with Gasteiger partial charge in [0.2, 0.25) is 0 Å². The quantitative estimate of drug-likeness (QED) is 0.702. The van der Waals surface area contributed by atoms with Crippen molar-refractivity contribution in [1.82, 2.24) is 9.78 Å². The van der Waals surface area contributed by atoms with Crippen LogP contribution in [0.3, 0.4) is 0 Å². The van der Waals surface area contributed by atoms with Gasteiger partial charge in [0, 0.05) is 5.69 Å². The Labute approximate surface area is 73.6 Å². The molecule has 0 aliphatic rings. The molecule has 0 radical (unpaired) electrons. The Morgan fingerprint density at radius 2 is 2.25 bits per heavy atom. The zero-order valence-corrected chi connectivity index (χ0v) is 8.17. The minimum atomic E-state index is 0.475. The highest BCUT2D eigenvalue weighted by atomic mass is 15.3. The molecule has 12 heavy (non-hydrogen) atoms. The van der Waals surface area contributed by atoms with Crippen LogP contribution in [0.2, 0.25) is 0 Å². The number of rotatable bonds is 3. The highest BCUT2D eigenvalue weighted by Gasteiger charge is 2.07. The average molecular weight is 168 g/mol. The largest absolute Gasteiger partial charge is 0.354 e. The van der Waals surface area contributed by atoms with E-state index >= 15 is 0 Å². The van der Waals surface area contributed by atoms with Crippen molar-refractivity contribution in [3.63, 3.8) is 0 Å². The molecule has 0 fully saturated rings. The molecule has 3 heteroatoms. The van der Waals surface area contributed by atoms with Crippen LogP contribution in [-0.2, 0) is 6.54 Å². The van der Waals surface area contributed by atoms with E-state index in [1.54, 1.807) is 0 Å². The topological polar surface area (TPSA) is 45.5 Å². The van der Waals surface area contributed by atoms with Gasteiger partial charge < -0.3 is 5.73 Å². The fourth-order valence-corrected chi connectivity index (χ4v) is 1.23. The highest BCUT2D eigenvalue weighted by Crippen LogP contribution is 2.02.